The molecule has 0 radical (unpaired) electrons. The lowest BCUT2D eigenvalue weighted by molar-refractivity contribution is 0.336. The number of nitrogens with one attached hydrogen (secondary N) is 1. The molecule has 16 heavy (non-hydrogen) atoms. The normalized spacial score (nSPS) is 15.9. The molecule has 0 aromatic carbocycles. The maximum Gasteiger partial charge on any atom is 0.0285 e. The molecular weight excluding hydrogens is 284 g/mol. The third-order valence-corrected chi connectivity index (χ3v) is 4.62. The van der Waals surface area contributed by atoms with Gasteiger partial charge in [0.05, 0.1) is 0 Å². The number of hydrogen-bond acceptors (Lipinski definition) is 3. The Morgan fingerprint density at radius 2 is 2.31 bits per heavy atom. The monoisotopic (exact) mass is 302 g/mol. The highest BCUT2D eigenvalue weighted by atomic mass is 79.9. The molecule has 1 aromatic rings. The highest BCUT2D eigenvalue weighted by Crippen LogP contribution is 2.20. The molecule has 90 valence electrons. The summed E-state index contributed by atoms with van der Waals surface area (Å²) >= 11 is 5.33. The summed E-state index contributed by atoms with van der Waals surface area (Å²) in [5, 5.41) is 5.70. The van der Waals surface area contributed by atoms with Crippen molar-refractivity contribution in [2.24, 2.45) is 0 Å². The second kappa shape index (κ2) is 6.15. The third kappa shape index (κ3) is 4.53. The van der Waals surface area contributed by atoms with Crippen LogP contribution in [-0.2, 0) is 6.42 Å². The lowest BCUT2D eigenvalue weighted by Gasteiger charge is -2.16. The zero-order chi connectivity index (χ0) is 11.4. The van der Waals surface area contributed by atoms with Gasteiger partial charge in [-0.3, -0.25) is 0 Å². The van der Waals surface area contributed by atoms with Crippen molar-refractivity contribution in [1.82, 2.24) is 10.2 Å². The Hall–Kier alpha value is 0.1000. The number of thiophene rings is 1. The van der Waals surface area contributed by atoms with Crippen LogP contribution in [-0.4, -0.2) is 37.6 Å². The van der Waals surface area contributed by atoms with E-state index in [0.717, 1.165) is 32.1 Å². The summed E-state index contributed by atoms with van der Waals surface area (Å²) in [4.78, 5) is 3.87. The van der Waals surface area contributed by atoms with E-state index in [1.165, 1.54) is 22.2 Å². The standard InChI is InChI=1S/C12H19BrN2S/c1-15(7-5-14-11-2-3-11)6-4-12-8-10(13)9-16-12/h8-9,11,14H,2-7H2,1H3. The minimum atomic E-state index is 0.835. The molecule has 0 aliphatic heterocycles. The third-order valence-electron chi connectivity index (χ3n) is 2.87. The highest BCUT2D eigenvalue weighted by molar-refractivity contribution is 9.10. The van der Waals surface area contributed by atoms with Crippen LogP contribution in [0.25, 0.3) is 0 Å². The average molecular weight is 303 g/mol. The summed E-state index contributed by atoms with van der Waals surface area (Å²) in [6.45, 7) is 3.44. The van der Waals surface area contributed by atoms with Gasteiger partial charge in [-0.2, -0.15) is 0 Å². The Bertz CT molecular complexity index is 323. The molecule has 1 N–H and O–H groups in total. The molecule has 1 fully saturated rings. The summed E-state index contributed by atoms with van der Waals surface area (Å²) in [6, 6.07) is 3.06. The molecule has 1 saturated carbocycles. The van der Waals surface area contributed by atoms with E-state index in [9.17, 15) is 0 Å². The molecular formula is C12H19BrN2S. The largest absolute Gasteiger partial charge is 0.313 e. The van der Waals surface area contributed by atoms with Crippen LogP contribution in [0.15, 0.2) is 15.9 Å². The van der Waals surface area contributed by atoms with Crippen molar-refractivity contribution < 1.29 is 0 Å². The first-order valence-corrected chi connectivity index (χ1v) is 7.56. The van der Waals surface area contributed by atoms with Crippen LogP contribution in [0, 0.1) is 0 Å². The Morgan fingerprint density at radius 1 is 1.50 bits per heavy atom. The molecule has 1 aliphatic rings. The Balaban J connectivity index is 1.57. The minimum Gasteiger partial charge on any atom is -0.313 e. The van der Waals surface area contributed by atoms with E-state index < -0.39 is 0 Å². The van der Waals surface area contributed by atoms with Gasteiger partial charge in [0.25, 0.3) is 0 Å². The van der Waals surface area contributed by atoms with Gasteiger partial charge in [0.1, 0.15) is 0 Å². The van der Waals surface area contributed by atoms with Gasteiger partial charge in [-0.25, -0.2) is 0 Å². The Labute approximate surface area is 110 Å². The number of halogens is 1. The fraction of sp³-hybridized carbons (Fsp3) is 0.667. The van der Waals surface area contributed by atoms with Crippen molar-refractivity contribution >= 4 is 27.3 Å². The van der Waals surface area contributed by atoms with Crippen LogP contribution in [0.1, 0.15) is 17.7 Å². The van der Waals surface area contributed by atoms with E-state index >= 15 is 0 Å². The van der Waals surface area contributed by atoms with Crippen LogP contribution >= 0.6 is 27.3 Å². The van der Waals surface area contributed by atoms with Crippen LogP contribution in [0.2, 0.25) is 0 Å². The van der Waals surface area contributed by atoms with Crippen molar-refractivity contribution in [2.75, 3.05) is 26.7 Å². The minimum absolute atomic E-state index is 0.835. The second-order valence-corrected chi connectivity index (χ2v) is 6.42. The quantitative estimate of drug-likeness (QED) is 0.833. The molecule has 0 spiro atoms. The molecule has 0 saturated heterocycles. The number of nitrogens with zero attached hydrogens (tertiary/aromatic N) is 1. The van der Waals surface area contributed by atoms with Gasteiger partial charge in [0.2, 0.25) is 0 Å². The molecule has 4 heteroatoms. The van der Waals surface area contributed by atoms with E-state index in [1.807, 2.05) is 11.3 Å². The van der Waals surface area contributed by atoms with Gasteiger partial charge in [-0.15, -0.1) is 11.3 Å². The second-order valence-electron chi connectivity index (χ2n) is 4.51. The molecule has 0 unspecified atom stereocenters. The van der Waals surface area contributed by atoms with Gasteiger partial charge in [0, 0.05) is 40.4 Å². The fourth-order valence-corrected chi connectivity index (χ4v) is 3.09. The molecule has 0 atom stereocenters. The maximum atomic E-state index is 3.54. The van der Waals surface area contributed by atoms with Gasteiger partial charge in [-0.1, -0.05) is 0 Å². The number of rotatable bonds is 7. The lowest BCUT2D eigenvalue weighted by Crippen LogP contribution is -2.31. The summed E-state index contributed by atoms with van der Waals surface area (Å²) in [7, 11) is 2.21. The van der Waals surface area contributed by atoms with E-state index in [-0.39, 0.29) is 0 Å². The van der Waals surface area contributed by atoms with Gasteiger partial charge in [0.15, 0.2) is 0 Å². The lowest BCUT2D eigenvalue weighted by atomic mass is 10.3. The van der Waals surface area contributed by atoms with Gasteiger partial charge >= 0.3 is 0 Å². The van der Waals surface area contributed by atoms with E-state index in [2.05, 4.69) is 44.6 Å². The van der Waals surface area contributed by atoms with Crippen molar-refractivity contribution in [1.29, 1.82) is 0 Å². The van der Waals surface area contributed by atoms with E-state index in [1.54, 1.807) is 0 Å². The molecule has 1 aliphatic carbocycles. The average Bonchev–Trinajstić information content (AvgIpc) is 2.98. The van der Waals surface area contributed by atoms with Crippen LogP contribution < -0.4 is 5.32 Å². The summed E-state index contributed by atoms with van der Waals surface area (Å²) in [6.07, 6.45) is 3.93. The van der Waals surface area contributed by atoms with Crippen molar-refractivity contribution in [3.05, 3.63) is 20.8 Å². The van der Waals surface area contributed by atoms with Crippen LogP contribution in [0.5, 0.6) is 0 Å². The fourth-order valence-electron chi connectivity index (χ4n) is 1.64. The SMILES string of the molecule is CN(CCNC1CC1)CCc1cc(Br)cs1. The molecule has 2 nitrogen and oxygen atoms in total. The molecule has 0 bridgehead atoms. The summed E-state index contributed by atoms with van der Waals surface area (Å²) in [5.41, 5.74) is 0. The molecule has 1 heterocycles. The molecule has 0 amide bonds. The van der Waals surface area contributed by atoms with Gasteiger partial charge in [-0.05, 0) is 48.3 Å². The van der Waals surface area contributed by atoms with Crippen molar-refractivity contribution in [3.63, 3.8) is 0 Å². The Morgan fingerprint density at radius 3 is 2.94 bits per heavy atom. The number of likely N-dealkylation sites (N-methyl/N-ethyl adjacent to an activating group) is 1. The summed E-state index contributed by atoms with van der Waals surface area (Å²) < 4.78 is 1.21. The zero-order valence-corrected chi connectivity index (χ0v) is 12.1. The summed E-state index contributed by atoms with van der Waals surface area (Å²) in [5.74, 6) is 0. The number of hydrogen-bond donors (Lipinski definition) is 1. The first kappa shape index (κ1) is 12.6. The first-order valence-electron chi connectivity index (χ1n) is 5.89. The predicted octanol–water partition coefficient (Wildman–Crippen LogP) is 2.74. The van der Waals surface area contributed by atoms with Crippen LogP contribution in [0.3, 0.4) is 0 Å². The maximum absolute atomic E-state index is 3.54. The molecule has 1 aromatic heterocycles. The molecule has 2 rings (SSSR count). The highest BCUT2D eigenvalue weighted by Gasteiger charge is 2.19. The van der Waals surface area contributed by atoms with E-state index in [0.29, 0.717) is 0 Å². The van der Waals surface area contributed by atoms with Crippen molar-refractivity contribution in [2.45, 2.75) is 25.3 Å². The van der Waals surface area contributed by atoms with Crippen LogP contribution in [0.4, 0.5) is 0 Å². The topological polar surface area (TPSA) is 15.3 Å². The smallest absolute Gasteiger partial charge is 0.0285 e. The predicted molar refractivity (Wildman–Crippen MR) is 74.2 cm³/mol. The van der Waals surface area contributed by atoms with Gasteiger partial charge < -0.3 is 10.2 Å². The first-order chi connectivity index (χ1) is 7.74. The zero-order valence-electron chi connectivity index (χ0n) is 9.71. The van der Waals surface area contributed by atoms with E-state index in [4.69, 9.17) is 0 Å². The Kier molecular flexibility index (Phi) is 4.82. The van der Waals surface area contributed by atoms with Crippen molar-refractivity contribution in [3.8, 4) is 0 Å².